The molecule has 6 heteroatoms. The number of carbonyl (C=O) groups excluding carboxylic acids is 2. The fourth-order valence-corrected chi connectivity index (χ4v) is 1.78. The van der Waals surface area contributed by atoms with Crippen molar-refractivity contribution in [1.29, 1.82) is 0 Å². The van der Waals surface area contributed by atoms with Crippen molar-refractivity contribution in [2.24, 2.45) is 11.5 Å². The molecular formula is C16H32N2O4. The predicted octanol–water partition coefficient (Wildman–Crippen LogP) is 1.89. The number of nitrogens with two attached hydrogens (primary N) is 2. The normalized spacial score (nSPS) is 12.1. The fraction of sp³-hybridized carbons (Fsp3) is 0.875. The van der Waals surface area contributed by atoms with E-state index >= 15 is 0 Å². The Kier molecular flexibility index (Phi) is 9.28. The summed E-state index contributed by atoms with van der Waals surface area (Å²) in [5, 5.41) is 0. The minimum absolute atomic E-state index is 0.223. The van der Waals surface area contributed by atoms with Gasteiger partial charge in [-0.25, -0.2) is 0 Å². The van der Waals surface area contributed by atoms with Crippen LogP contribution < -0.4 is 11.5 Å². The van der Waals surface area contributed by atoms with Crippen LogP contribution in [0, 0.1) is 0 Å². The zero-order chi connectivity index (χ0) is 17.2. The molecule has 130 valence electrons. The Balaban J connectivity index is 3.45. The average molecular weight is 316 g/mol. The van der Waals surface area contributed by atoms with Gasteiger partial charge in [0.2, 0.25) is 0 Å². The highest BCUT2D eigenvalue weighted by atomic mass is 16.5. The van der Waals surface area contributed by atoms with Gasteiger partial charge < -0.3 is 20.9 Å². The van der Waals surface area contributed by atoms with Gasteiger partial charge in [-0.1, -0.05) is 0 Å². The molecule has 0 rings (SSSR count). The summed E-state index contributed by atoms with van der Waals surface area (Å²) < 4.78 is 10.2. The Morgan fingerprint density at radius 2 is 1.05 bits per heavy atom. The van der Waals surface area contributed by atoms with Gasteiger partial charge in [0, 0.05) is 11.1 Å². The van der Waals surface area contributed by atoms with Crippen LogP contribution in [0.5, 0.6) is 0 Å². The van der Waals surface area contributed by atoms with E-state index in [9.17, 15) is 9.59 Å². The first kappa shape index (κ1) is 20.9. The smallest absolute Gasteiger partial charge is 0.307 e. The van der Waals surface area contributed by atoms with Gasteiger partial charge >= 0.3 is 11.9 Å². The minimum Gasteiger partial charge on any atom is -0.466 e. The Labute approximate surface area is 133 Å². The molecule has 22 heavy (non-hydrogen) atoms. The maximum atomic E-state index is 11.4. The lowest BCUT2D eigenvalue weighted by Gasteiger charge is -2.17. The van der Waals surface area contributed by atoms with Crippen molar-refractivity contribution in [2.45, 2.75) is 77.3 Å². The van der Waals surface area contributed by atoms with Gasteiger partial charge in [0.15, 0.2) is 0 Å². The molecule has 0 fully saturated rings. The number of carbonyl (C=O) groups is 2. The van der Waals surface area contributed by atoms with Crippen LogP contribution in [0.15, 0.2) is 0 Å². The van der Waals surface area contributed by atoms with Crippen LogP contribution in [-0.4, -0.2) is 36.2 Å². The van der Waals surface area contributed by atoms with E-state index in [0.717, 1.165) is 25.7 Å². The summed E-state index contributed by atoms with van der Waals surface area (Å²) in [5.41, 5.74) is 10.4. The maximum absolute atomic E-state index is 11.4. The molecule has 6 nitrogen and oxygen atoms in total. The quantitative estimate of drug-likeness (QED) is 0.445. The van der Waals surface area contributed by atoms with Crippen LogP contribution >= 0.6 is 0 Å². The SMILES string of the molecule is CC(C)(N)CC(=O)OCCCCCCOC(=O)CC(C)(C)N. The average Bonchev–Trinajstić information content (AvgIpc) is 2.27. The van der Waals surface area contributed by atoms with Crippen molar-refractivity contribution in [3.8, 4) is 0 Å². The minimum atomic E-state index is -0.529. The summed E-state index contributed by atoms with van der Waals surface area (Å²) in [4.78, 5) is 22.8. The summed E-state index contributed by atoms with van der Waals surface area (Å²) in [6, 6.07) is 0. The van der Waals surface area contributed by atoms with Crippen LogP contribution in [0.1, 0.15) is 66.2 Å². The molecule has 0 amide bonds. The van der Waals surface area contributed by atoms with E-state index in [1.807, 2.05) is 0 Å². The first-order chi connectivity index (χ1) is 9.99. The third-order valence-corrected chi connectivity index (χ3v) is 2.76. The second kappa shape index (κ2) is 9.79. The van der Waals surface area contributed by atoms with Crippen LogP contribution in [0.2, 0.25) is 0 Å². The number of rotatable bonds is 11. The highest BCUT2D eigenvalue weighted by Crippen LogP contribution is 2.08. The third kappa shape index (κ3) is 15.3. The van der Waals surface area contributed by atoms with Crippen molar-refractivity contribution < 1.29 is 19.1 Å². The van der Waals surface area contributed by atoms with Crippen LogP contribution in [0.25, 0.3) is 0 Å². The van der Waals surface area contributed by atoms with Crippen LogP contribution in [-0.2, 0) is 19.1 Å². The number of hydrogen-bond acceptors (Lipinski definition) is 6. The molecule has 0 bridgehead atoms. The lowest BCUT2D eigenvalue weighted by atomic mass is 10.0. The molecule has 4 N–H and O–H groups in total. The molecule has 0 aromatic carbocycles. The van der Waals surface area contributed by atoms with Gasteiger partial charge in [-0.05, 0) is 53.4 Å². The van der Waals surface area contributed by atoms with Crippen molar-refractivity contribution in [1.82, 2.24) is 0 Å². The number of esters is 2. The summed E-state index contributed by atoms with van der Waals surface area (Å²) >= 11 is 0. The van der Waals surface area contributed by atoms with Gasteiger partial charge in [0.1, 0.15) is 0 Å². The number of unbranched alkanes of at least 4 members (excludes halogenated alkanes) is 3. The van der Waals surface area contributed by atoms with Crippen molar-refractivity contribution in [3.05, 3.63) is 0 Å². The van der Waals surface area contributed by atoms with Crippen molar-refractivity contribution >= 4 is 11.9 Å². The topological polar surface area (TPSA) is 105 Å². The lowest BCUT2D eigenvalue weighted by Crippen LogP contribution is -2.35. The van der Waals surface area contributed by atoms with E-state index in [-0.39, 0.29) is 24.8 Å². The first-order valence-electron chi connectivity index (χ1n) is 7.89. The molecule has 0 aromatic rings. The molecule has 0 unspecified atom stereocenters. The molecule has 0 radical (unpaired) electrons. The van der Waals surface area contributed by atoms with Gasteiger partial charge in [0.25, 0.3) is 0 Å². The van der Waals surface area contributed by atoms with Crippen molar-refractivity contribution in [2.75, 3.05) is 13.2 Å². The molecule has 0 spiro atoms. The van der Waals surface area contributed by atoms with Gasteiger partial charge in [-0.3, -0.25) is 9.59 Å². The van der Waals surface area contributed by atoms with E-state index < -0.39 is 11.1 Å². The Morgan fingerprint density at radius 3 is 1.32 bits per heavy atom. The van der Waals surface area contributed by atoms with E-state index in [4.69, 9.17) is 20.9 Å². The molecule has 0 atom stereocenters. The van der Waals surface area contributed by atoms with E-state index in [2.05, 4.69) is 0 Å². The standard InChI is InChI=1S/C16H32N2O4/c1-15(2,17)11-13(19)21-9-7-5-6-8-10-22-14(20)12-16(3,4)18/h5-12,17-18H2,1-4H3. The van der Waals surface area contributed by atoms with E-state index in [1.165, 1.54) is 0 Å². The second-order valence-corrected chi connectivity index (χ2v) is 7.19. The third-order valence-electron chi connectivity index (χ3n) is 2.76. The first-order valence-corrected chi connectivity index (χ1v) is 7.89. The second-order valence-electron chi connectivity index (χ2n) is 7.19. The highest BCUT2D eigenvalue weighted by molar-refractivity contribution is 5.71. The highest BCUT2D eigenvalue weighted by Gasteiger charge is 2.18. The summed E-state index contributed by atoms with van der Waals surface area (Å²) in [6.07, 6.45) is 3.92. The molecule has 0 saturated carbocycles. The zero-order valence-corrected chi connectivity index (χ0v) is 14.4. The van der Waals surface area contributed by atoms with Gasteiger partial charge in [-0.2, -0.15) is 0 Å². The molecule has 0 aliphatic carbocycles. The molecule has 0 aromatic heterocycles. The van der Waals surface area contributed by atoms with Crippen molar-refractivity contribution in [3.63, 3.8) is 0 Å². The molecule has 0 aliphatic heterocycles. The van der Waals surface area contributed by atoms with E-state index in [0.29, 0.717) is 13.2 Å². The zero-order valence-electron chi connectivity index (χ0n) is 14.4. The maximum Gasteiger partial charge on any atom is 0.307 e. The predicted molar refractivity (Wildman–Crippen MR) is 86.2 cm³/mol. The van der Waals surface area contributed by atoms with E-state index in [1.54, 1.807) is 27.7 Å². The Morgan fingerprint density at radius 1 is 0.727 bits per heavy atom. The number of hydrogen-bond donors (Lipinski definition) is 2. The Hall–Kier alpha value is -1.14. The number of ether oxygens (including phenoxy) is 2. The fourth-order valence-electron chi connectivity index (χ4n) is 1.78. The molecule has 0 aliphatic rings. The molecular weight excluding hydrogens is 284 g/mol. The van der Waals surface area contributed by atoms with Crippen LogP contribution in [0.4, 0.5) is 0 Å². The van der Waals surface area contributed by atoms with Gasteiger partial charge in [-0.15, -0.1) is 0 Å². The lowest BCUT2D eigenvalue weighted by molar-refractivity contribution is -0.146. The summed E-state index contributed by atoms with van der Waals surface area (Å²) in [7, 11) is 0. The molecule has 0 saturated heterocycles. The molecule has 0 heterocycles. The monoisotopic (exact) mass is 316 g/mol. The summed E-state index contributed by atoms with van der Waals surface area (Å²) in [6.45, 7) is 8.00. The Bertz CT molecular complexity index is 309. The summed E-state index contributed by atoms with van der Waals surface area (Å²) in [5.74, 6) is -0.517. The van der Waals surface area contributed by atoms with Gasteiger partial charge in [0.05, 0.1) is 26.1 Å². The van der Waals surface area contributed by atoms with Crippen LogP contribution in [0.3, 0.4) is 0 Å². The largest absolute Gasteiger partial charge is 0.466 e.